The van der Waals surface area contributed by atoms with Gasteiger partial charge < -0.3 is 0 Å². The summed E-state index contributed by atoms with van der Waals surface area (Å²) in [6, 6.07) is 0. The predicted octanol–water partition coefficient (Wildman–Crippen LogP) is 3.33. The molecule has 0 fully saturated rings. The van der Waals surface area contributed by atoms with Crippen LogP contribution < -0.4 is 0 Å². The third kappa shape index (κ3) is 1.75. The van der Waals surface area contributed by atoms with Crippen molar-refractivity contribution in [3.05, 3.63) is 43.0 Å². The van der Waals surface area contributed by atoms with Crippen molar-refractivity contribution in [3.63, 3.8) is 0 Å². The molecule has 2 aliphatic rings. The van der Waals surface area contributed by atoms with Crippen LogP contribution in [0.3, 0.4) is 0 Å². The average molecular weight is 273 g/mol. The first kappa shape index (κ1) is 9.49. The first-order chi connectivity index (χ1) is 6.21. The van der Waals surface area contributed by atoms with Crippen LogP contribution in [0, 0.1) is 0 Å². The quantitative estimate of drug-likeness (QED) is 0.754. The van der Waals surface area contributed by atoms with E-state index in [1.807, 2.05) is 36.5 Å². The van der Waals surface area contributed by atoms with Crippen molar-refractivity contribution in [2.24, 2.45) is 0 Å². The molecule has 0 atom stereocenters. The third-order valence-corrected chi connectivity index (χ3v) is 11.1. The van der Waals surface area contributed by atoms with Gasteiger partial charge in [0, 0.05) is 0 Å². The summed E-state index contributed by atoms with van der Waals surface area (Å²) in [4.78, 5) is 0. The van der Waals surface area contributed by atoms with Gasteiger partial charge in [0.25, 0.3) is 0 Å². The van der Waals surface area contributed by atoms with Gasteiger partial charge in [-0.15, -0.1) is 0 Å². The van der Waals surface area contributed by atoms with Crippen LogP contribution in [0.5, 0.6) is 0 Å². The summed E-state index contributed by atoms with van der Waals surface area (Å²) in [5.74, 6) is 0. The molecule has 1 nitrogen and oxygen atoms in total. The Morgan fingerprint density at radius 3 is 1.85 bits per heavy atom. The van der Waals surface area contributed by atoms with Crippen molar-refractivity contribution in [1.29, 1.82) is 0 Å². The van der Waals surface area contributed by atoms with Gasteiger partial charge in [0.15, 0.2) is 0 Å². The minimum absolute atomic E-state index is 0.778. The Labute approximate surface area is 85.9 Å². The summed E-state index contributed by atoms with van der Waals surface area (Å²) < 4.78 is 14.2. The molecule has 0 unspecified atom stereocenters. The normalized spacial score (nSPS) is 20.7. The number of halogens is 1. The van der Waals surface area contributed by atoms with E-state index in [4.69, 9.17) is 8.51 Å². The van der Waals surface area contributed by atoms with E-state index < -0.39 is 19.1 Å². The maximum atomic E-state index is 12.3. The molecule has 0 aromatic carbocycles. The van der Waals surface area contributed by atoms with Crippen molar-refractivity contribution in [1.82, 2.24) is 0 Å². The molecule has 2 rings (SSSR count). The Morgan fingerprint density at radius 1 is 1.08 bits per heavy atom. The molecule has 0 aromatic rings. The standard InChI is InChI=1S/2C5H5.ClH.O.Zr/c2*1-2-4-5-3-1;;;/h2*1-3H,4H2;1H;;/q;;;;+1/p-1. The van der Waals surface area contributed by atoms with Crippen molar-refractivity contribution in [2.45, 2.75) is 12.8 Å². The van der Waals surface area contributed by atoms with E-state index in [1.54, 1.807) is 0 Å². The van der Waals surface area contributed by atoms with Crippen LogP contribution in [0.25, 0.3) is 0 Å². The van der Waals surface area contributed by atoms with Crippen molar-refractivity contribution in [2.75, 3.05) is 0 Å². The molecule has 0 spiro atoms. The Bertz CT molecular complexity index is 354. The zero-order valence-corrected chi connectivity index (χ0v) is 10.4. The average Bonchev–Trinajstić information content (AvgIpc) is 2.78. The Morgan fingerprint density at radius 2 is 1.54 bits per heavy atom. The van der Waals surface area contributed by atoms with Crippen LogP contribution in [0.4, 0.5) is 0 Å². The van der Waals surface area contributed by atoms with Gasteiger partial charge in [-0.25, -0.2) is 0 Å². The zero-order chi connectivity index (χ0) is 9.31. The van der Waals surface area contributed by atoms with Crippen molar-refractivity contribution < 1.29 is 21.9 Å². The number of allylic oxidation sites excluding steroid dienone is 8. The second-order valence-electron chi connectivity index (χ2n) is 3.24. The van der Waals surface area contributed by atoms with Gasteiger partial charge in [-0.3, -0.25) is 0 Å². The number of rotatable bonds is 2. The van der Waals surface area contributed by atoms with E-state index in [-0.39, 0.29) is 0 Å². The summed E-state index contributed by atoms with van der Waals surface area (Å²) >= 11 is -3.78. The molecule has 2 aliphatic carbocycles. The Balaban J connectivity index is 2.26. The molecular weight excluding hydrogens is 263 g/mol. The van der Waals surface area contributed by atoms with Gasteiger partial charge in [-0.05, 0) is 0 Å². The summed E-state index contributed by atoms with van der Waals surface area (Å²) in [7, 11) is 6.19. The molecular formula is C10H10ClOZr. The molecule has 0 aromatic heterocycles. The molecule has 0 aliphatic heterocycles. The topological polar surface area (TPSA) is 17.1 Å². The molecule has 0 N–H and O–H groups in total. The second kappa shape index (κ2) is 3.59. The van der Waals surface area contributed by atoms with Crippen LogP contribution in [0.2, 0.25) is 0 Å². The second-order valence-corrected chi connectivity index (χ2v) is 12.5. The fourth-order valence-corrected chi connectivity index (χ4v) is 7.65. The van der Waals surface area contributed by atoms with Crippen LogP contribution >= 0.6 is 8.51 Å². The minimum atomic E-state index is -3.78. The van der Waals surface area contributed by atoms with E-state index in [9.17, 15) is 2.81 Å². The van der Waals surface area contributed by atoms with Crippen molar-refractivity contribution >= 4 is 8.51 Å². The molecule has 13 heavy (non-hydrogen) atoms. The van der Waals surface area contributed by atoms with Gasteiger partial charge in [0.05, 0.1) is 0 Å². The molecule has 0 saturated heterocycles. The fraction of sp³-hybridized carbons (Fsp3) is 0.200. The molecule has 0 bridgehead atoms. The summed E-state index contributed by atoms with van der Waals surface area (Å²) in [5.41, 5.74) is 0. The fourth-order valence-electron chi connectivity index (χ4n) is 1.58. The first-order valence-electron chi connectivity index (χ1n) is 4.33. The third-order valence-electron chi connectivity index (χ3n) is 2.37. The van der Waals surface area contributed by atoms with Crippen LogP contribution in [-0.2, 0) is 21.9 Å². The Kier molecular flexibility index (Phi) is 2.62. The molecule has 67 valence electrons. The molecule has 0 saturated carbocycles. The van der Waals surface area contributed by atoms with E-state index in [1.165, 1.54) is 0 Å². The SMILES string of the molecule is [O]=[Zr]([Cl])([C]1=CC=CC1)[C]1=CC=CC1. The van der Waals surface area contributed by atoms with Gasteiger partial charge >= 0.3 is 86.3 Å². The zero-order valence-electron chi connectivity index (χ0n) is 7.16. The van der Waals surface area contributed by atoms with Gasteiger partial charge in [-0.2, -0.15) is 0 Å². The van der Waals surface area contributed by atoms with Gasteiger partial charge in [0.1, 0.15) is 0 Å². The van der Waals surface area contributed by atoms with E-state index in [0.29, 0.717) is 0 Å². The van der Waals surface area contributed by atoms with Gasteiger partial charge in [0.2, 0.25) is 0 Å². The molecule has 0 heterocycles. The number of hydrogen-bond donors (Lipinski definition) is 0. The predicted molar refractivity (Wildman–Crippen MR) is 50.2 cm³/mol. The van der Waals surface area contributed by atoms with Crippen LogP contribution in [0.1, 0.15) is 12.8 Å². The number of hydrogen-bond acceptors (Lipinski definition) is 1. The maximum absolute atomic E-state index is 12.3. The van der Waals surface area contributed by atoms with Crippen molar-refractivity contribution in [3.8, 4) is 0 Å². The Hall–Kier alpha value is -0.0669. The summed E-state index contributed by atoms with van der Waals surface area (Å²) in [6.07, 6.45) is 13.3. The van der Waals surface area contributed by atoms with E-state index in [0.717, 1.165) is 19.4 Å². The van der Waals surface area contributed by atoms with E-state index >= 15 is 0 Å². The summed E-state index contributed by atoms with van der Waals surface area (Å²) in [5, 5.41) is 0. The molecule has 0 amide bonds. The monoisotopic (exact) mass is 271 g/mol. The molecule has 3 heteroatoms. The first-order valence-corrected chi connectivity index (χ1v) is 11.0. The van der Waals surface area contributed by atoms with Crippen LogP contribution in [-0.4, -0.2) is 0 Å². The van der Waals surface area contributed by atoms with E-state index in [2.05, 4.69) is 0 Å². The molecule has 0 radical (unpaired) electrons. The summed E-state index contributed by atoms with van der Waals surface area (Å²) in [6.45, 7) is 0. The van der Waals surface area contributed by atoms with Crippen LogP contribution in [0.15, 0.2) is 43.0 Å². The van der Waals surface area contributed by atoms with Gasteiger partial charge in [-0.1, -0.05) is 0 Å².